The number of nitrogens with one attached hydrogen (secondary N) is 1. The van der Waals surface area contributed by atoms with E-state index in [4.69, 9.17) is 33.3 Å². The maximum Gasteiger partial charge on any atom is 0.472 e. The minimum absolute atomic E-state index is 0.0127. The van der Waals surface area contributed by atoms with Crippen LogP contribution in [0.1, 0.15) is 25.3 Å². The summed E-state index contributed by atoms with van der Waals surface area (Å²) in [4.78, 5) is 51.0. The highest BCUT2D eigenvalue weighted by Crippen LogP contribution is 2.50. The third-order valence-corrected chi connectivity index (χ3v) is 8.95. The summed E-state index contributed by atoms with van der Waals surface area (Å²) >= 11 is 0. The Kier molecular flexibility index (Phi) is 7.17. The van der Waals surface area contributed by atoms with E-state index in [2.05, 4.69) is 19.9 Å². The normalized spacial score (nSPS) is 32.9. The minimum atomic E-state index is -4.68. The number of nitrogens with zero attached hydrogens (tertiary/aromatic N) is 5. The van der Waals surface area contributed by atoms with Crippen LogP contribution in [0.25, 0.3) is 22.1 Å². The summed E-state index contributed by atoms with van der Waals surface area (Å²) in [6, 6.07) is 6.95. The van der Waals surface area contributed by atoms with Crippen LogP contribution < -0.4 is 16.9 Å². The number of hydrogen-bond donors (Lipinski definition) is 3. The number of benzene rings is 1. The Bertz CT molecular complexity index is 1810. The van der Waals surface area contributed by atoms with Crippen molar-refractivity contribution in [2.24, 2.45) is 0 Å². The van der Waals surface area contributed by atoms with Crippen molar-refractivity contribution in [1.82, 2.24) is 29.1 Å². The van der Waals surface area contributed by atoms with Gasteiger partial charge in [-0.2, -0.15) is 4.98 Å². The van der Waals surface area contributed by atoms with Crippen molar-refractivity contribution in [3.05, 3.63) is 57.6 Å². The second-order valence-electron chi connectivity index (χ2n) is 9.96. The average molecular weight is 621 g/mol. The van der Waals surface area contributed by atoms with Gasteiger partial charge in [0.05, 0.1) is 42.7 Å². The molecular weight excluding hydrogens is 596 g/mol. The molecule has 17 nitrogen and oxygen atoms in total. The van der Waals surface area contributed by atoms with Crippen LogP contribution >= 0.6 is 16.9 Å². The number of nitrogens with two attached hydrogens (primary N) is 1. The topological polar surface area (TPSA) is 217 Å². The van der Waals surface area contributed by atoms with Gasteiger partial charge in [-0.05, 0) is 12.1 Å². The van der Waals surface area contributed by atoms with E-state index in [-0.39, 0.29) is 48.7 Å². The van der Waals surface area contributed by atoms with Crippen molar-refractivity contribution in [3.63, 3.8) is 0 Å². The fourth-order valence-corrected chi connectivity index (χ4v) is 6.94. The Labute approximate surface area is 237 Å². The van der Waals surface area contributed by atoms with Crippen molar-refractivity contribution < 1.29 is 37.0 Å². The average Bonchev–Trinajstić information content (AvgIpc) is 3.67. The first kappa shape index (κ1) is 27.7. The fraction of sp³-hybridized carbons (Fsp3) is 0.435. The molecule has 0 amide bonds. The molecule has 0 spiro atoms. The first-order valence-corrected chi connectivity index (χ1v) is 15.2. The number of nitrogen functional groups attached to an aromatic ring is 1. The molecule has 2 bridgehead atoms. The third kappa shape index (κ3) is 5.17. The quantitative estimate of drug-likeness (QED) is 0.267. The van der Waals surface area contributed by atoms with E-state index in [9.17, 15) is 19.0 Å². The van der Waals surface area contributed by atoms with Crippen molar-refractivity contribution in [2.75, 3.05) is 18.9 Å². The molecule has 19 heteroatoms. The van der Waals surface area contributed by atoms with E-state index < -0.39 is 59.3 Å². The van der Waals surface area contributed by atoms with Gasteiger partial charge in [0.15, 0.2) is 26.4 Å². The Hall–Kier alpha value is -3.11. The zero-order valence-corrected chi connectivity index (χ0v) is 23.5. The van der Waals surface area contributed by atoms with Gasteiger partial charge in [-0.15, -0.1) is 0 Å². The number of imidazole rings is 1. The zero-order valence-electron chi connectivity index (χ0n) is 21.6. The lowest BCUT2D eigenvalue weighted by atomic mass is 10.2. The number of phosphoric ester groups is 1. The van der Waals surface area contributed by atoms with Gasteiger partial charge in [-0.25, -0.2) is 14.5 Å². The van der Waals surface area contributed by atoms with E-state index in [0.717, 1.165) is 0 Å². The van der Waals surface area contributed by atoms with E-state index >= 15 is 0 Å². The molecule has 3 aromatic heterocycles. The highest BCUT2D eigenvalue weighted by atomic mass is 31.2. The molecule has 222 valence electrons. The zero-order chi connectivity index (χ0) is 29.0. The Morgan fingerprint density at radius 3 is 2.76 bits per heavy atom. The molecule has 0 saturated carbocycles. The molecule has 4 N–H and O–H groups in total. The lowest BCUT2D eigenvalue weighted by Gasteiger charge is -2.24. The highest BCUT2D eigenvalue weighted by Gasteiger charge is 2.45. The van der Waals surface area contributed by atoms with Crippen molar-refractivity contribution in [2.45, 2.75) is 49.7 Å². The minimum Gasteiger partial charge on any atom is -0.369 e. The number of H-pyrrole nitrogens is 1. The summed E-state index contributed by atoms with van der Waals surface area (Å²) in [5.74, 6) is -0.132. The van der Waals surface area contributed by atoms with E-state index in [0.29, 0.717) is 10.9 Å². The number of rotatable bonds is 2. The van der Waals surface area contributed by atoms with E-state index in [1.165, 1.54) is 21.8 Å². The molecular formula is C23H25N7O10P2. The van der Waals surface area contributed by atoms with Crippen LogP contribution in [0.4, 0.5) is 5.95 Å². The molecule has 3 fully saturated rings. The van der Waals surface area contributed by atoms with Crippen LogP contribution in [0.3, 0.4) is 0 Å². The van der Waals surface area contributed by atoms with Gasteiger partial charge in [-0.3, -0.25) is 32.8 Å². The number of aromatic amines is 1. The van der Waals surface area contributed by atoms with Gasteiger partial charge in [-0.1, -0.05) is 12.1 Å². The van der Waals surface area contributed by atoms with Crippen LogP contribution in [-0.4, -0.2) is 71.6 Å². The van der Waals surface area contributed by atoms with E-state index in [1.54, 1.807) is 24.3 Å². The van der Waals surface area contributed by atoms with Crippen LogP contribution in [0, 0.1) is 0 Å². The number of anilines is 1. The van der Waals surface area contributed by atoms with Gasteiger partial charge in [0.2, 0.25) is 5.95 Å². The largest absolute Gasteiger partial charge is 0.472 e. The maximum atomic E-state index is 13.1. The maximum absolute atomic E-state index is 13.1. The summed E-state index contributed by atoms with van der Waals surface area (Å²) in [6.07, 6.45) is -1.66. The summed E-state index contributed by atoms with van der Waals surface area (Å²) < 4.78 is 50.6. The Morgan fingerprint density at radius 1 is 1.05 bits per heavy atom. The van der Waals surface area contributed by atoms with Gasteiger partial charge in [0.1, 0.15) is 24.8 Å². The van der Waals surface area contributed by atoms with Crippen molar-refractivity contribution >= 4 is 44.9 Å². The Morgan fingerprint density at radius 2 is 1.88 bits per heavy atom. The summed E-state index contributed by atoms with van der Waals surface area (Å²) in [5, 5.41) is 0.430. The number of phosphoric acid groups is 1. The van der Waals surface area contributed by atoms with Crippen LogP contribution in [0.2, 0.25) is 0 Å². The van der Waals surface area contributed by atoms with Crippen LogP contribution in [-0.2, 0) is 32.1 Å². The van der Waals surface area contributed by atoms with Gasteiger partial charge in [0.25, 0.3) is 11.1 Å². The summed E-state index contributed by atoms with van der Waals surface area (Å²) in [6.45, 7) is -0.303. The number of para-hydroxylation sites is 1. The number of hydrogen-bond acceptors (Lipinski definition) is 13. The standard InChI is InChI=1S/C23H25N7O10P2/c24-23-27-19-18(20(31)28-23)26-10-30(19)22-15-5-11(37-22)7-35-41-39-14-6-17(38-16(14)8-36-42(33,34)40-15)29-9-25-13-4-2-1-3-12(13)21(29)32/h1-4,9-11,14-17,22,41H,5-8H2,(H,33,34)(H3,24,27,28,31)/t11-,14-,15?,16?,17+,22+/m0/s1. The smallest absolute Gasteiger partial charge is 0.369 e. The molecule has 7 rings (SSSR count). The second kappa shape index (κ2) is 10.9. The molecule has 6 heterocycles. The fourth-order valence-electron chi connectivity index (χ4n) is 5.32. The molecule has 0 aliphatic carbocycles. The number of fused-ring (bicyclic) bond motifs is 5. The highest BCUT2D eigenvalue weighted by molar-refractivity contribution is 7.47. The molecule has 3 saturated heterocycles. The van der Waals surface area contributed by atoms with Gasteiger partial charge < -0.3 is 29.1 Å². The second-order valence-corrected chi connectivity index (χ2v) is 12.1. The Balaban J connectivity index is 1.12. The lowest BCUT2D eigenvalue weighted by Crippen LogP contribution is -2.28. The molecule has 3 aliphatic heterocycles. The monoisotopic (exact) mass is 621 g/mol. The van der Waals surface area contributed by atoms with E-state index in [1.807, 2.05) is 0 Å². The number of aromatic nitrogens is 6. The summed E-state index contributed by atoms with van der Waals surface area (Å²) in [5.41, 5.74) is 5.55. The molecule has 4 unspecified atom stereocenters. The molecule has 0 radical (unpaired) electrons. The molecule has 4 aromatic rings. The van der Waals surface area contributed by atoms with Crippen LogP contribution in [0.15, 0.2) is 46.5 Å². The van der Waals surface area contributed by atoms with Crippen molar-refractivity contribution in [3.8, 4) is 0 Å². The molecule has 3 aliphatic rings. The van der Waals surface area contributed by atoms with Crippen LogP contribution in [0.5, 0.6) is 0 Å². The SMILES string of the molecule is Nc1nc2c(ncn2[C@@H]2O[C@@H]3COPO[C@H]4C[C@H](n5cnc6ccccc6c5=O)OC4COP(=O)(O)OC2C3)c(=O)[nH]1. The lowest BCUT2D eigenvalue weighted by molar-refractivity contribution is -0.0613. The predicted octanol–water partition coefficient (Wildman–Crippen LogP) is 1.11. The molecule has 1 aromatic carbocycles. The van der Waals surface area contributed by atoms with Gasteiger partial charge in [0, 0.05) is 12.8 Å². The predicted molar refractivity (Wildman–Crippen MR) is 145 cm³/mol. The van der Waals surface area contributed by atoms with Crippen molar-refractivity contribution in [1.29, 1.82) is 0 Å². The van der Waals surface area contributed by atoms with Gasteiger partial charge >= 0.3 is 7.82 Å². The third-order valence-electron chi connectivity index (χ3n) is 7.25. The first-order valence-electron chi connectivity index (χ1n) is 12.9. The first-order chi connectivity index (χ1) is 20.3. The molecule has 42 heavy (non-hydrogen) atoms. The number of ether oxygens (including phenoxy) is 2. The molecule has 8 atom stereocenters. The summed E-state index contributed by atoms with van der Waals surface area (Å²) in [7, 11) is -5.11.